The quantitative estimate of drug-likeness (QED) is 0.472. The van der Waals surface area contributed by atoms with Gasteiger partial charge in [0, 0.05) is 16.2 Å². The lowest BCUT2D eigenvalue weighted by Crippen LogP contribution is -2.00. The van der Waals surface area contributed by atoms with E-state index in [1.165, 1.54) is 31.7 Å². The van der Waals surface area contributed by atoms with E-state index >= 15 is 0 Å². The first-order valence-corrected chi connectivity index (χ1v) is 7.00. The second-order valence-corrected chi connectivity index (χ2v) is 5.73. The van der Waals surface area contributed by atoms with Gasteiger partial charge in [0.25, 0.3) is 0 Å². The van der Waals surface area contributed by atoms with Crippen LogP contribution in [0.25, 0.3) is 10.8 Å². The Morgan fingerprint density at radius 2 is 1.53 bits per heavy atom. The van der Waals surface area contributed by atoms with Gasteiger partial charge in [-0.25, -0.2) is 0 Å². The molecule has 0 bridgehead atoms. The predicted molar refractivity (Wildman–Crippen MR) is 80.9 cm³/mol. The molecule has 4 rings (SSSR count). The third kappa shape index (κ3) is 1.93. The fourth-order valence-corrected chi connectivity index (χ4v) is 3.75. The van der Waals surface area contributed by atoms with Crippen LogP contribution >= 0.6 is 11.8 Å². The van der Waals surface area contributed by atoms with Crippen LogP contribution in [-0.2, 0) is 6.42 Å². The van der Waals surface area contributed by atoms with Crippen LogP contribution in [0.1, 0.15) is 11.1 Å². The van der Waals surface area contributed by atoms with Crippen LogP contribution in [0.15, 0.2) is 70.5 Å². The Morgan fingerprint density at radius 1 is 0.737 bits per heavy atom. The summed E-state index contributed by atoms with van der Waals surface area (Å²) < 4.78 is 0. The third-order valence-corrected chi connectivity index (χ3v) is 4.78. The van der Waals surface area contributed by atoms with Gasteiger partial charge in [0.15, 0.2) is 0 Å². The summed E-state index contributed by atoms with van der Waals surface area (Å²) in [5.74, 6) is 0. The van der Waals surface area contributed by atoms with Gasteiger partial charge in [-0.05, 0) is 34.0 Å². The molecule has 3 aromatic carbocycles. The molecule has 1 aliphatic heterocycles. The third-order valence-electron chi connectivity index (χ3n) is 3.56. The Morgan fingerprint density at radius 3 is 2.47 bits per heavy atom. The summed E-state index contributed by atoms with van der Waals surface area (Å²) in [5, 5.41) is 2.74. The van der Waals surface area contributed by atoms with Crippen molar-refractivity contribution in [3.63, 3.8) is 0 Å². The highest BCUT2D eigenvalue weighted by molar-refractivity contribution is 7.99. The van der Waals surface area contributed by atoms with Gasteiger partial charge < -0.3 is 5.48 Å². The standard InChI is InChI=1S/C17H12S.H2O/c1-3-7-14-12(5-1)9-10-17-15(14)11-13-6-2-4-8-16(13)18-17;/h1-10H,11H2;1H2. The molecule has 2 heteroatoms. The van der Waals surface area contributed by atoms with Gasteiger partial charge in [-0.1, -0.05) is 60.3 Å². The Hall–Kier alpha value is -1.77. The minimum Gasteiger partial charge on any atom is -0.412 e. The first-order valence-electron chi connectivity index (χ1n) is 6.18. The molecule has 0 aliphatic carbocycles. The highest BCUT2D eigenvalue weighted by Gasteiger charge is 2.17. The molecule has 2 N–H and O–H groups in total. The predicted octanol–water partition coefficient (Wildman–Crippen LogP) is 4.07. The average molecular weight is 266 g/mol. The van der Waals surface area contributed by atoms with Gasteiger partial charge in [0.1, 0.15) is 0 Å². The van der Waals surface area contributed by atoms with E-state index in [1.54, 1.807) is 0 Å². The highest BCUT2D eigenvalue weighted by Crippen LogP contribution is 2.41. The van der Waals surface area contributed by atoms with Crippen molar-refractivity contribution in [1.82, 2.24) is 0 Å². The van der Waals surface area contributed by atoms with Gasteiger partial charge >= 0.3 is 0 Å². The molecule has 0 spiro atoms. The zero-order chi connectivity index (χ0) is 11.9. The molecule has 0 radical (unpaired) electrons. The Balaban J connectivity index is 0.00000110. The van der Waals surface area contributed by atoms with E-state index in [2.05, 4.69) is 60.7 Å². The topological polar surface area (TPSA) is 31.5 Å². The monoisotopic (exact) mass is 266 g/mol. The molecule has 3 aromatic rings. The smallest absolute Gasteiger partial charge is 0.0164 e. The molecule has 0 atom stereocenters. The summed E-state index contributed by atoms with van der Waals surface area (Å²) in [7, 11) is 0. The highest BCUT2D eigenvalue weighted by atomic mass is 32.2. The van der Waals surface area contributed by atoms with E-state index < -0.39 is 0 Å². The Labute approximate surface area is 116 Å². The van der Waals surface area contributed by atoms with Crippen LogP contribution in [0, 0.1) is 0 Å². The fourth-order valence-electron chi connectivity index (χ4n) is 2.65. The minimum absolute atomic E-state index is 0. The van der Waals surface area contributed by atoms with Gasteiger partial charge in [-0.3, -0.25) is 0 Å². The van der Waals surface area contributed by atoms with E-state index in [1.807, 2.05) is 11.8 Å². The van der Waals surface area contributed by atoms with Crippen LogP contribution in [-0.4, -0.2) is 5.48 Å². The summed E-state index contributed by atoms with van der Waals surface area (Å²) in [6.45, 7) is 0. The van der Waals surface area contributed by atoms with Gasteiger partial charge in [-0.15, -0.1) is 0 Å². The molecule has 19 heavy (non-hydrogen) atoms. The zero-order valence-corrected chi connectivity index (χ0v) is 11.2. The van der Waals surface area contributed by atoms with Gasteiger partial charge in [0.05, 0.1) is 0 Å². The molecule has 0 aromatic heterocycles. The summed E-state index contributed by atoms with van der Waals surface area (Å²) in [5.41, 5.74) is 2.93. The lowest BCUT2D eigenvalue weighted by atomic mass is 9.98. The van der Waals surface area contributed by atoms with Crippen molar-refractivity contribution in [3.8, 4) is 0 Å². The molecule has 0 unspecified atom stereocenters. The lowest BCUT2D eigenvalue weighted by molar-refractivity contribution is 0.824. The molecule has 94 valence electrons. The lowest BCUT2D eigenvalue weighted by Gasteiger charge is -2.20. The molecule has 0 fully saturated rings. The minimum atomic E-state index is 0. The maximum Gasteiger partial charge on any atom is 0.0164 e. The first kappa shape index (κ1) is 12.3. The molecule has 0 saturated heterocycles. The maximum absolute atomic E-state index is 2.26. The van der Waals surface area contributed by atoms with Crippen molar-refractivity contribution in [2.24, 2.45) is 0 Å². The van der Waals surface area contributed by atoms with E-state index in [9.17, 15) is 0 Å². The van der Waals surface area contributed by atoms with E-state index in [0.717, 1.165) is 6.42 Å². The number of fused-ring (bicyclic) bond motifs is 4. The zero-order valence-electron chi connectivity index (χ0n) is 10.4. The molecule has 1 nitrogen and oxygen atoms in total. The van der Waals surface area contributed by atoms with Crippen molar-refractivity contribution in [2.45, 2.75) is 16.2 Å². The van der Waals surface area contributed by atoms with Crippen molar-refractivity contribution in [3.05, 3.63) is 71.8 Å². The number of hydrogen-bond acceptors (Lipinski definition) is 1. The maximum atomic E-state index is 2.26. The summed E-state index contributed by atoms with van der Waals surface area (Å²) >= 11 is 1.90. The molecule has 1 aliphatic rings. The molecular weight excluding hydrogens is 252 g/mol. The van der Waals surface area contributed by atoms with E-state index in [4.69, 9.17) is 0 Å². The average Bonchev–Trinajstić information content (AvgIpc) is 2.45. The second-order valence-electron chi connectivity index (χ2n) is 4.65. The SMILES string of the molecule is O.c1ccc2c(c1)Cc1c(ccc3ccccc13)S2. The van der Waals surface area contributed by atoms with E-state index in [0.29, 0.717) is 0 Å². The van der Waals surface area contributed by atoms with Crippen molar-refractivity contribution in [2.75, 3.05) is 0 Å². The van der Waals surface area contributed by atoms with E-state index in [-0.39, 0.29) is 5.48 Å². The van der Waals surface area contributed by atoms with Crippen LogP contribution in [0.4, 0.5) is 0 Å². The van der Waals surface area contributed by atoms with Crippen molar-refractivity contribution in [1.29, 1.82) is 0 Å². The summed E-state index contributed by atoms with van der Waals surface area (Å²) in [6, 6.07) is 21.9. The van der Waals surface area contributed by atoms with Crippen LogP contribution in [0.3, 0.4) is 0 Å². The number of rotatable bonds is 0. The van der Waals surface area contributed by atoms with Crippen molar-refractivity contribution >= 4 is 22.5 Å². The fraction of sp³-hybridized carbons (Fsp3) is 0.0588. The summed E-state index contributed by atoms with van der Waals surface area (Å²) in [4.78, 5) is 2.81. The molecular formula is C17H14OS. The van der Waals surface area contributed by atoms with Gasteiger partial charge in [-0.2, -0.15) is 0 Å². The van der Waals surface area contributed by atoms with Crippen LogP contribution < -0.4 is 0 Å². The molecule has 0 saturated carbocycles. The number of hydrogen-bond donors (Lipinski definition) is 0. The second kappa shape index (κ2) is 4.72. The largest absolute Gasteiger partial charge is 0.412 e. The number of benzene rings is 3. The van der Waals surface area contributed by atoms with Crippen LogP contribution in [0.5, 0.6) is 0 Å². The van der Waals surface area contributed by atoms with Crippen molar-refractivity contribution < 1.29 is 5.48 Å². The van der Waals surface area contributed by atoms with Gasteiger partial charge in [0.2, 0.25) is 0 Å². The molecule has 0 amide bonds. The Bertz CT molecular complexity index is 749. The summed E-state index contributed by atoms with van der Waals surface area (Å²) in [6.07, 6.45) is 1.06. The first-order chi connectivity index (χ1) is 8.92. The normalized spacial score (nSPS) is 12.4. The Kier molecular flexibility index (Phi) is 3.05. The van der Waals surface area contributed by atoms with Crippen LogP contribution in [0.2, 0.25) is 0 Å². The molecule has 1 heterocycles.